The summed E-state index contributed by atoms with van der Waals surface area (Å²) < 4.78 is 38.8. The molecule has 4 atom stereocenters. The van der Waals surface area contributed by atoms with Crippen LogP contribution in [0.4, 0.5) is 4.79 Å². The van der Waals surface area contributed by atoms with Gasteiger partial charge in [-0.15, -0.1) is 0 Å². The first-order valence-electron chi connectivity index (χ1n) is 16.9. The van der Waals surface area contributed by atoms with Gasteiger partial charge in [-0.25, -0.2) is 24.7 Å². The smallest absolute Gasteiger partial charge is 0.410 e. The third-order valence-electron chi connectivity index (χ3n) is 9.26. The molecule has 1 N–H and O–H groups in total. The summed E-state index contributed by atoms with van der Waals surface area (Å²) in [6.07, 6.45) is 9.88. The average molecular weight is 753 g/mol. The highest BCUT2D eigenvalue weighted by atomic mass is 32.1. The van der Waals surface area contributed by atoms with E-state index in [9.17, 15) is 4.79 Å². The van der Waals surface area contributed by atoms with Crippen molar-refractivity contribution < 1.29 is 26.4 Å². The molecule has 4 aliphatic rings. The highest BCUT2D eigenvalue weighted by Crippen LogP contribution is 2.33. The van der Waals surface area contributed by atoms with Gasteiger partial charge in [0, 0.05) is 67.5 Å². The molecule has 0 radical (unpaired) electrons. The zero-order chi connectivity index (χ0) is 36.1. The van der Waals surface area contributed by atoms with Gasteiger partial charge in [-0.1, -0.05) is 14.9 Å². The molecule has 6 rings (SSSR count). The van der Waals surface area contributed by atoms with Gasteiger partial charge in [0.05, 0.1) is 29.3 Å². The Morgan fingerprint density at radius 2 is 1.27 bits per heavy atom. The van der Waals surface area contributed by atoms with E-state index >= 15 is 0 Å². The number of carbonyl (C=O) groups is 1. The SMILES string of the molecule is C.C.C[C@@H]1Cc2ncnc(C3CCCN(C)C3)c2CN1.C[C@@H]1Cc2ncnc(C3CCCN(C)C3)c2CN1C(=O)OC(C)(C)C.O=S=O.O=S=O. The van der Waals surface area contributed by atoms with E-state index in [-0.39, 0.29) is 27.0 Å². The maximum absolute atomic E-state index is 12.6. The molecule has 1 amide bonds. The van der Waals surface area contributed by atoms with Crippen molar-refractivity contribution in [1.29, 1.82) is 0 Å². The monoisotopic (exact) mass is 752 g/mol. The summed E-state index contributed by atoms with van der Waals surface area (Å²) >= 11 is -1.50. The highest BCUT2D eigenvalue weighted by Gasteiger charge is 2.34. The predicted octanol–water partition coefficient (Wildman–Crippen LogP) is 4.22. The number of nitrogens with one attached hydrogen (secondary N) is 1. The van der Waals surface area contributed by atoms with Gasteiger partial charge >= 0.3 is 29.2 Å². The molecule has 2 aromatic heterocycles. The van der Waals surface area contributed by atoms with Crippen LogP contribution in [0.2, 0.25) is 0 Å². The van der Waals surface area contributed by atoms with Gasteiger partial charge < -0.3 is 24.8 Å². The fraction of sp³-hybridized carbons (Fsp3) is 0.743. The van der Waals surface area contributed by atoms with Crippen LogP contribution in [0.5, 0.6) is 0 Å². The first kappa shape index (κ1) is 46.0. The fourth-order valence-corrected chi connectivity index (χ4v) is 7.05. The number of amides is 1. The first-order chi connectivity index (χ1) is 23.3. The van der Waals surface area contributed by atoms with Crippen molar-refractivity contribution in [2.24, 2.45) is 0 Å². The molecule has 0 aliphatic carbocycles. The van der Waals surface area contributed by atoms with Gasteiger partial charge in [0.15, 0.2) is 0 Å². The summed E-state index contributed by atoms with van der Waals surface area (Å²) in [6.45, 7) is 16.0. The lowest BCUT2D eigenvalue weighted by molar-refractivity contribution is 0.0134. The lowest BCUT2D eigenvalue weighted by atomic mass is 9.88. The van der Waals surface area contributed by atoms with Gasteiger partial charge in [0.1, 0.15) is 18.3 Å². The number of carbonyl (C=O) groups excluding carboxylic acids is 1. The molecule has 0 aromatic carbocycles. The summed E-state index contributed by atoms with van der Waals surface area (Å²) in [4.78, 5) is 37.4. The Hall–Kier alpha value is -3.05. The molecule has 2 unspecified atom stereocenters. The Bertz CT molecular complexity index is 1450. The number of aromatic nitrogens is 4. The zero-order valence-electron chi connectivity index (χ0n) is 29.8. The third-order valence-corrected chi connectivity index (χ3v) is 9.26. The minimum atomic E-state index is -0.750. The number of hydrogen-bond acceptors (Lipinski definition) is 13. The zero-order valence-corrected chi connectivity index (χ0v) is 31.5. The summed E-state index contributed by atoms with van der Waals surface area (Å²) in [5, 5.41) is 3.54. The Balaban J connectivity index is 0.000000441. The van der Waals surface area contributed by atoms with E-state index < -0.39 is 28.7 Å². The molecule has 4 aliphatic heterocycles. The van der Waals surface area contributed by atoms with Gasteiger partial charge in [-0.05, 0) is 87.5 Å². The number of likely N-dealkylation sites (N-methyl/N-ethyl adjacent to an activating group) is 2. The molecule has 51 heavy (non-hydrogen) atoms. The van der Waals surface area contributed by atoms with Crippen LogP contribution < -0.4 is 5.32 Å². The van der Waals surface area contributed by atoms with Crippen LogP contribution in [0.3, 0.4) is 0 Å². The van der Waals surface area contributed by atoms with Crippen LogP contribution in [0.15, 0.2) is 12.7 Å². The topological polar surface area (TPSA) is 168 Å². The minimum absolute atomic E-state index is 0. The van der Waals surface area contributed by atoms with Crippen molar-refractivity contribution in [2.75, 3.05) is 40.3 Å². The van der Waals surface area contributed by atoms with Crippen LogP contribution in [0, 0.1) is 0 Å². The fourth-order valence-electron chi connectivity index (χ4n) is 7.05. The molecule has 16 heteroatoms. The quantitative estimate of drug-likeness (QED) is 0.464. The highest BCUT2D eigenvalue weighted by molar-refractivity contribution is 7.51. The second kappa shape index (κ2) is 22.1. The standard InChI is InChI=1S/C19H30N4O2.C14H22N4.2CH4.2O2S/c1-13-9-16-15(11-23(13)18(24)25-19(2,3)4)17(21-12-20-16)14-7-6-8-22(5)10-14;1-10-6-13-12(7-15-10)14(17-9-16-13)11-4-3-5-18(2)8-11;;;2*1-3-2/h12-14H,6-11H2,1-5H3;9-11,15H,3-8H2,1-2H3;2*1H4;;/t13-,14?;10-,11?;;;;/m11..../s1. The molecule has 0 saturated carbocycles. The summed E-state index contributed by atoms with van der Waals surface area (Å²) in [5.74, 6) is 1.01. The lowest BCUT2D eigenvalue weighted by Gasteiger charge is -2.37. The van der Waals surface area contributed by atoms with E-state index in [0.29, 0.717) is 24.4 Å². The van der Waals surface area contributed by atoms with Crippen molar-refractivity contribution in [3.8, 4) is 0 Å². The predicted molar refractivity (Wildman–Crippen MR) is 199 cm³/mol. The van der Waals surface area contributed by atoms with Crippen molar-refractivity contribution in [2.45, 2.75) is 131 Å². The second-order valence-electron chi connectivity index (χ2n) is 14.4. The van der Waals surface area contributed by atoms with Crippen LogP contribution in [0.25, 0.3) is 0 Å². The summed E-state index contributed by atoms with van der Waals surface area (Å²) in [7, 11) is 4.37. The van der Waals surface area contributed by atoms with E-state index in [4.69, 9.17) is 21.6 Å². The van der Waals surface area contributed by atoms with Gasteiger partial charge in [0.2, 0.25) is 0 Å². The van der Waals surface area contributed by atoms with E-state index in [1.165, 1.54) is 42.8 Å². The van der Waals surface area contributed by atoms with Gasteiger partial charge in [-0.2, -0.15) is 16.8 Å². The first-order valence-corrected chi connectivity index (χ1v) is 18.2. The largest absolute Gasteiger partial charge is 0.444 e. The molecule has 0 spiro atoms. The van der Waals surface area contributed by atoms with Gasteiger partial charge in [-0.3, -0.25) is 0 Å². The van der Waals surface area contributed by atoms with Gasteiger partial charge in [0.25, 0.3) is 0 Å². The number of hydrogen-bond donors (Lipinski definition) is 1. The minimum Gasteiger partial charge on any atom is -0.444 e. The number of nitrogens with zero attached hydrogens (tertiary/aromatic N) is 7. The number of fused-ring (bicyclic) bond motifs is 2. The second-order valence-corrected chi connectivity index (χ2v) is 14.6. The maximum Gasteiger partial charge on any atom is 0.410 e. The van der Waals surface area contributed by atoms with Crippen molar-refractivity contribution in [3.05, 3.63) is 46.6 Å². The van der Waals surface area contributed by atoms with E-state index in [1.807, 2.05) is 25.7 Å². The molecule has 0 bridgehead atoms. The maximum atomic E-state index is 12.6. The number of likely N-dealkylation sites (tertiary alicyclic amines) is 2. The summed E-state index contributed by atoms with van der Waals surface area (Å²) in [5.41, 5.74) is 6.79. The van der Waals surface area contributed by atoms with Crippen molar-refractivity contribution in [3.63, 3.8) is 0 Å². The summed E-state index contributed by atoms with van der Waals surface area (Å²) in [6, 6.07) is 0.619. The van der Waals surface area contributed by atoms with Crippen molar-refractivity contribution in [1.82, 2.24) is 40.0 Å². The average Bonchev–Trinajstić information content (AvgIpc) is 3.04. The van der Waals surface area contributed by atoms with Crippen LogP contribution >= 0.6 is 0 Å². The normalized spacial score (nSPS) is 22.8. The third kappa shape index (κ3) is 13.8. The van der Waals surface area contributed by atoms with Crippen LogP contribution in [0.1, 0.15) is 121 Å². The van der Waals surface area contributed by atoms with E-state index in [1.54, 1.807) is 12.7 Å². The van der Waals surface area contributed by atoms with Crippen molar-refractivity contribution >= 4 is 29.2 Å². The molecule has 2 saturated heterocycles. The Kier molecular flexibility index (Phi) is 19.9. The van der Waals surface area contributed by atoms with Crippen LogP contribution in [-0.2, 0) is 53.8 Å². The van der Waals surface area contributed by atoms with E-state index in [2.05, 4.69) is 63.0 Å². The molecular weight excluding hydrogens is 693 g/mol. The van der Waals surface area contributed by atoms with Crippen LogP contribution in [-0.4, -0.2) is 116 Å². The molecule has 6 heterocycles. The Morgan fingerprint density at radius 1 is 0.804 bits per heavy atom. The Morgan fingerprint density at radius 3 is 1.75 bits per heavy atom. The number of ether oxygens (including phenoxy) is 1. The number of piperidine rings is 2. The molecular formula is C35H60N8O6S2. The molecule has 14 nitrogen and oxygen atoms in total. The molecule has 2 aromatic rings. The Labute approximate surface area is 312 Å². The molecule has 2 fully saturated rings. The number of rotatable bonds is 2. The van der Waals surface area contributed by atoms with E-state index in [0.717, 1.165) is 62.4 Å². The molecule has 288 valence electrons. The lowest BCUT2D eigenvalue weighted by Crippen LogP contribution is -2.46.